The van der Waals surface area contributed by atoms with E-state index in [0.29, 0.717) is 23.8 Å². The standard InChI is InChI=1S/C18H21NO2/c1-5-17(20)16-9-8-15(11-19-16)21-18-10-14(12(2)3)7-6-13(18)4/h6-12H,5H2,1-4H3. The van der Waals surface area contributed by atoms with Gasteiger partial charge in [0.1, 0.15) is 17.2 Å². The van der Waals surface area contributed by atoms with Crippen molar-refractivity contribution >= 4 is 5.78 Å². The summed E-state index contributed by atoms with van der Waals surface area (Å²) in [7, 11) is 0. The smallest absolute Gasteiger partial charge is 0.180 e. The Morgan fingerprint density at radius 2 is 2.00 bits per heavy atom. The predicted octanol–water partition coefficient (Wildman–Crippen LogP) is 4.90. The molecule has 0 amide bonds. The molecular formula is C18H21NO2. The number of benzene rings is 1. The zero-order chi connectivity index (χ0) is 15.4. The average molecular weight is 283 g/mol. The second-order valence-corrected chi connectivity index (χ2v) is 5.44. The minimum Gasteiger partial charge on any atom is -0.455 e. The van der Waals surface area contributed by atoms with Crippen molar-refractivity contribution in [1.82, 2.24) is 4.98 Å². The van der Waals surface area contributed by atoms with Crippen LogP contribution >= 0.6 is 0 Å². The third kappa shape index (κ3) is 3.69. The Labute approximate surface area is 126 Å². The van der Waals surface area contributed by atoms with Crippen LogP contribution in [0, 0.1) is 6.92 Å². The van der Waals surface area contributed by atoms with Crippen LogP contribution in [0.4, 0.5) is 0 Å². The molecule has 3 nitrogen and oxygen atoms in total. The van der Waals surface area contributed by atoms with Gasteiger partial charge < -0.3 is 4.74 Å². The van der Waals surface area contributed by atoms with Crippen LogP contribution in [-0.2, 0) is 0 Å². The lowest BCUT2D eigenvalue weighted by Gasteiger charge is -2.12. The maximum absolute atomic E-state index is 11.6. The molecule has 0 spiro atoms. The van der Waals surface area contributed by atoms with Gasteiger partial charge in [-0.3, -0.25) is 4.79 Å². The quantitative estimate of drug-likeness (QED) is 0.733. The highest BCUT2D eigenvalue weighted by Crippen LogP contribution is 2.28. The molecule has 0 radical (unpaired) electrons. The van der Waals surface area contributed by atoms with E-state index in [1.165, 1.54) is 5.56 Å². The zero-order valence-electron chi connectivity index (χ0n) is 13.0. The van der Waals surface area contributed by atoms with Gasteiger partial charge in [-0.1, -0.05) is 32.9 Å². The van der Waals surface area contributed by atoms with Crippen molar-refractivity contribution in [3.63, 3.8) is 0 Å². The van der Waals surface area contributed by atoms with Crippen LogP contribution in [0.3, 0.4) is 0 Å². The van der Waals surface area contributed by atoms with Gasteiger partial charge in [-0.2, -0.15) is 0 Å². The van der Waals surface area contributed by atoms with Gasteiger partial charge in [0.2, 0.25) is 0 Å². The van der Waals surface area contributed by atoms with Crippen molar-refractivity contribution in [2.75, 3.05) is 0 Å². The average Bonchev–Trinajstić information content (AvgIpc) is 2.49. The van der Waals surface area contributed by atoms with Crippen LogP contribution in [0.1, 0.15) is 54.7 Å². The summed E-state index contributed by atoms with van der Waals surface area (Å²) in [5.74, 6) is 1.97. The highest BCUT2D eigenvalue weighted by Gasteiger charge is 2.08. The van der Waals surface area contributed by atoms with Gasteiger partial charge in [0, 0.05) is 6.42 Å². The fourth-order valence-electron chi connectivity index (χ4n) is 2.00. The number of hydrogen-bond acceptors (Lipinski definition) is 3. The third-order valence-electron chi connectivity index (χ3n) is 3.45. The van der Waals surface area contributed by atoms with Gasteiger partial charge in [0.05, 0.1) is 6.20 Å². The molecule has 0 aliphatic heterocycles. The molecule has 2 aromatic rings. The van der Waals surface area contributed by atoms with Gasteiger partial charge in [-0.15, -0.1) is 0 Å². The van der Waals surface area contributed by atoms with Crippen LogP contribution in [0.2, 0.25) is 0 Å². The van der Waals surface area contributed by atoms with Gasteiger partial charge >= 0.3 is 0 Å². The Kier molecular flexibility index (Phi) is 4.73. The van der Waals surface area contributed by atoms with Crippen LogP contribution in [0.5, 0.6) is 11.5 Å². The third-order valence-corrected chi connectivity index (χ3v) is 3.45. The number of ether oxygens (including phenoxy) is 1. The van der Waals surface area contributed by atoms with E-state index < -0.39 is 0 Å². The first-order valence-corrected chi connectivity index (χ1v) is 7.29. The molecule has 0 saturated carbocycles. The summed E-state index contributed by atoms with van der Waals surface area (Å²) in [5.41, 5.74) is 2.80. The molecule has 0 atom stereocenters. The van der Waals surface area contributed by atoms with Gasteiger partial charge in [-0.05, 0) is 42.2 Å². The number of Topliss-reactive ketones (excluding diaryl/α,β-unsaturated/α-hetero) is 1. The lowest BCUT2D eigenvalue weighted by molar-refractivity contribution is 0.0983. The number of aryl methyl sites for hydroxylation is 1. The molecule has 0 N–H and O–H groups in total. The second kappa shape index (κ2) is 6.53. The highest BCUT2D eigenvalue weighted by atomic mass is 16.5. The van der Waals surface area contributed by atoms with E-state index in [0.717, 1.165) is 11.3 Å². The summed E-state index contributed by atoms with van der Waals surface area (Å²) in [4.78, 5) is 15.7. The molecular weight excluding hydrogens is 262 g/mol. The Morgan fingerprint density at radius 1 is 1.24 bits per heavy atom. The summed E-state index contributed by atoms with van der Waals surface area (Å²) in [6.45, 7) is 8.15. The topological polar surface area (TPSA) is 39.2 Å². The number of pyridine rings is 1. The number of carbonyl (C=O) groups excluding carboxylic acids is 1. The van der Waals surface area contributed by atoms with Crippen molar-refractivity contribution in [2.45, 2.75) is 40.0 Å². The number of hydrogen-bond donors (Lipinski definition) is 0. The number of rotatable bonds is 5. The van der Waals surface area contributed by atoms with E-state index in [1.807, 2.05) is 13.8 Å². The van der Waals surface area contributed by atoms with Crippen LogP contribution in [-0.4, -0.2) is 10.8 Å². The normalized spacial score (nSPS) is 10.7. The van der Waals surface area contributed by atoms with E-state index in [1.54, 1.807) is 18.3 Å². The molecule has 0 aliphatic rings. The molecule has 0 aliphatic carbocycles. The maximum Gasteiger partial charge on any atom is 0.180 e. The van der Waals surface area contributed by atoms with Crippen molar-refractivity contribution in [3.05, 3.63) is 53.3 Å². The van der Waals surface area contributed by atoms with E-state index >= 15 is 0 Å². The first kappa shape index (κ1) is 15.2. The largest absolute Gasteiger partial charge is 0.455 e. The van der Waals surface area contributed by atoms with Crippen molar-refractivity contribution in [2.24, 2.45) is 0 Å². The number of carbonyl (C=O) groups is 1. The summed E-state index contributed by atoms with van der Waals surface area (Å²) < 4.78 is 5.89. The van der Waals surface area contributed by atoms with Crippen molar-refractivity contribution in [3.8, 4) is 11.5 Å². The molecule has 3 heteroatoms. The minimum atomic E-state index is 0.0412. The number of ketones is 1. The highest BCUT2D eigenvalue weighted by molar-refractivity contribution is 5.93. The SMILES string of the molecule is CCC(=O)c1ccc(Oc2cc(C(C)C)ccc2C)cn1. The zero-order valence-corrected chi connectivity index (χ0v) is 13.0. The first-order valence-electron chi connectivity index (χ1n) is 7.29. The van der Waals surface area contributed by atoms with Crippen LogP contribution in [0.25, 0.3) is 0 Å². The Balaban J connectivity index is 2.22. The maximum atomic E-state index is 11.6. The monoisotopic (exact) mass is 283 g/mol. The van der Waals surface area contributed by atoms with Crippen LogP contribution < -0.4 is 4.74 Å². The molecule has 1 aromatic carbocycles. The van der Waals surface area contributed by atoms with Crippen molar-refractivity contribution in [1.29, 1.82) is 0 Å². The molecule has 0 unspecified atom stereocenters. The van der Waals surface area contributed by atoms with E-state index in [2.05, 4.69) is 37.0 Å². The predicted molar refractivity (Wildman–Crippen MR) is 84.2 cm³/mol. The van der Waals surface area contributed by atoms with Gasteiger partial charge in [-0.25, -0.2) is 4.98 Å². The summed E-state index contributed by atoms with van der Waals surface area (Å²) in [6.07, 6.45) is 2.06. The summed E-state index contributed by atoms with van der Waals surface area (Å²) in [6, 6.07) is 9.74. The molecule has 1 heterocycles. The van der Waals surface area contributed by atoms with Gasteiger partial charge in [0.15, 0.2) is 5.78 Å². The lowest BCUT2D eigenvalue weighted by atomic mass is 10.0. The molecule has 21 heavy (non-hydrogen) atoms. The Morgan fingerprint density at radius 3 is 2.57 bits per heavy atom. The van der Waals surface area contributed by atoms with E-state index in [4.69, 9.17) is 4.74 Å². The Bertz CT molecular complexity index is 630. The fourth-order valence-corrected chi connectivity index (χ4v) is 2.00. The molecule has 1 aromatic heterocycles. The number of aromatic nitrogens is 1. The van der Waals surface area contributed by atoms with E-state index in [-0.39, 0.29) is 5.78 Å². The minimum absolute atomic E-state index is 0.0412. The molecule has 0 bridgehead atoms. The van der Waals surface area contributed by atoms with E-state index in [9.17, 15) is 4.79 Å². The Hall–Kier alpha value is -2.16. The molecule has 0 saturated heterocycles. The molecule has 2 rings (SSSR count). The lowest BCUT2D eigenvalue weighted by Crippen LogP contribution is -2.00. The number of nitrogens with zero attached hydrogens (tertiary/aromatic N) is 1. The second-order valence-electron chi connectivity index (χ2n) is 5.44. The summed E-state index contributed by atoms with van der Waals surface area (Å²) in [5, 5.41) is 0. The van der Waals surface area contributed by atoms with Crippen molar-refractivity contribution < 1.29 is 9.53 Å². The van der Waals surface area contributed by atoms with Gasteiger partial charge in [0.25, 0.3) is 0 Å². The first-order chi connectivity index (χ1) is 10.0. The summed E-state index contributed by atoms with van der Waals surface area (Å²) >= 11 is 0. The fraction of sp³-hybridized carbons (Fsp3) is 0.333. The molecule has 110 valence electrons. The van der Waals surface area contributed by atoms with Crippen LogP contribution in [0.15, 0.2) is 36.5 Å². The molecule has 0 fully saturated rings.